The van der Waals surface area contributed by atoms with Crippen LogP contribution in [-0.2, 0) is 11.3 Å². The van der Waals surface area contributed by atoms with Crippen LogP contribution in [0.15, 0.2) is 59.5 Å². The molecular weight excluding hydrogens is 582 g/mol. The molecular formula is C32H31N5O8. The van der Waals surface area contributed by atoms with Crippen LogP contribution >= 0.6 is 0 Å². The molecule has 0 bridgehead atoms. The third-order valence-electron chi connectivity index (χ3n) is 7.60. The van der Waals surface area contributed by atoms with E-state index in [1.165, 1.54) is 25.1 Å². The number of carbonyl (C=O) groups is 2. The molecule has 1 aliphatic rings. The first-order valence-corrected chi connectivity index (χ1v) is 14.3. The van der Waals surface area contributed by atoms with Crippen molar-refractivity contribution in [3.63, 3.8) is 0 Å². The molecule has 2 amide bonds. The minimum Gasteiger partial charge on any atom is -0.493 e. The van der Waals surface area contributed by atoms with Crippen LogP contribution in [0.4, 0.5) is 16.2 Å². The van der Waals surface area contributed by atoms with E-state index in [2.05, 4.69) is 10.3 Å². The Morgan fingerprint density at radius 3 is 2.58 bits per heavy atom. The second kappa shape index (κ2) is 12.3. The number of para-hydroxylation sites is 2. The number of methoxy groups -OCH3 is 1. The van der Waals surface area contributed by atoms with E-state index in [4.69, 9.17) is 29.8 Å². The lowest BCUT2D eigenvalue weighted by atomic mass is 10.0. The number of rotatable bonds is 9. The smallest absolute Gasteiger partial charge is 0.419 e. The average Bonchev–Trinajstić information content (AvgIpc) is 3.51. The molecule has 2 aromatic heterocycles. The highest BCUT2D eigenvalue weighted by atomic mass is 16.7. The number of nitrogens with two attached hydrogens (primary N) is 1. The minimum absolute atomic E-state index is 0.0270. The number of hydrogen-bond acceptors (Lipinski definition) is 10. The number of amides is 2. The molecule has 0 fully saturated rings. The maximum Gasteiger partial charge on any atom is 0.419 e. The molecule has 0 unspecified atom stereocenters. The van der Waals surface area contributed by atoms with E-state index in [9.17, 15) is 14.4 Å². The van der Waals surface area contributed by atoms with Gasteiger partial charge in [0.05, 0.1) is 34.9 Å². The van der Waals surface area contributed by atoms with Gasteiger partial charge in [0, 0.05) is 61.6 Å². The lowest BCUT2D eigenvalue weighted by Gasteiger charge is -2.21. The highest BCUT2D eigenvalue weighted by molar-refractivity contribution is 6.15. The van der Waals surface area contributed by atoms with Gasteiger partial charge in [0.15, 0.2) is 23.0 Å². The summed E-state index contributed by atoms with van der Waals surface area (Å²) in [6, 6.07) is 13.4. The summed E-state index contributed by atoms with van der Waals surface area (Å²) in [5.41, 5.74) is 7.64. The molecule has 13 nitrogen and oxygen atoms in total. The number of ether oxygens (including phenoxy) is 4. The Labute approximate surface area is 256 Å². The van der Waals surface area contributed by atoms with Crippen LogP contribution in [-0.4, -0.2) is 60.8 Å². The molecule has 232 valence electrons. The summed E-state index contributed by atoms with van der Waals surface area (Å²) in [5, 5.41) is 14.0. The number of aliphatic hydroxyl groups excluding tert-OH is 1. The standard InChI is InChI=1S/C32H31N5O8/c1-36(24-7-4-3-6-22(24)35-29(39)8-5-11-38)32(41)45-28-13-19-18(12-25(28)42-2)21-16-34-23-15-27-26(43-17-44-27)14-20(23)30(21)37(10-9-33)31(19)40/h3-4,6-7,12-16,38H,5,8-11,17,33H2,1-2H3,(H,35,39). The fraction of sp³-hybridized carbons (Fsp3) is 0.250. The van der Waals surface area contributed by atoms with E-state index in [-0.39, 0.29) is 61.3 Å². The van der Waals surface area contributed by atoms with E-state index in [0.29, 0.717) is 56.5 Å². The van der Waals surface area contributed by atoms with E-state index in [0.717, 1.165) is 0 Å². The summed E-state index contributed by atoms with van der Waals surface area (Å²) in [6.45, 7) is 0.416. The van der Waals surface area contributed by atoms with Crippen LogP contribution in [0.5, 0.6) is 23.0 Å². The van der Waals surface area contributed by atoms with Crippen LogP contribution < -0.4 is 40.5 Å². The number of nitrogens with zero attached hydrogens (tertiary/aromatic N) is 3. The Morgan fingerprint density at radius 2 is 1.82 bits per heavy atom. The first-order valence-electron chi connectivity index (χ1n) is 14.3. The zero-order valence-corrected chi connectivity index (χ0v) is 24.7. The van der Waals surface area contributed by atoms with E-state index in [1.807, 2.05) is 0 Å². The first kappa shape index (κ1) is 29.7. The molecule has 13 heteroatoms. The van der Waals surface area contributed by atoms with Gasteiger partial charge in [0.1, 0.15) is 0 Å². The molecule has 1 aliphatic heterocycles. The molecule has 3 aromatic carbocycles. The summed E-state index contributed by atoms with van der Waals surface area (Å²) in [4.78, 5) is 45.6. The van der Waals surface area contributed by atoms with Crippen LogP contribution in [0, 0.1) is 0 Å². The molecule has 3 heterocycles. The van der Waals surface area contributed by atoms with E-state index >= 15 is 0 Å². The van der Waals surface area contributed by atoms with Gasteiger partial charge in [0.25, 0.3) is 5.56 Å². The number of hydrogen-bond donors (Lipinski definition) is 3. The minimum atomic E-state index is -0.781. The Morgan fingerprint density at radius 1 is 1.07 bits per heavy atom. The van der Waals surface area contributed by atoms with Crippen molar-refractivity contribution < 1.29 is 33.6 Å². The topological polar surface area (TPSA) is 167 Å². The van der Waals surface area contributed by atoms with Gasteiger partial charge in [-0.05, 0) is 36.8 Å². The van der Waals surface area contributed by atoms with Crippen molar-refractivity contribution in [1.29, 1.82) is 0 Å². The Balaban J connectivity index is 1.42. The van der Waals surface area contributed by atoms with Crippen LogP contribution in [0.3, 0.4) is 0 Å². The fourth-order valence-corrected chi connectivity index (χ4v) is 5.43. The van der Waals surface area contributed by atoms with Crippen LogP contribution in [0.2, 0.25) is 0 Å². The van der Waals surface area contributed by atoms with Crippen molar-refractivity contribution in [2.45, 2.75) is 19.4 Å². The number of aromatic nitrogens is 2. The number of anilines is 2. The van der Waals surface area contributed by atoms with Crippen molar-refractivity contribution in [1.82, 2.24) is 9.55 Å². The van der Waals surface area contributed by atoms with Gasteiger partial charge in [-0.3, -0.25) is 19.5 Å². The highest BCUT2D eigenvalue weighted by Crippen LogP contribution is 2.40. The van der Waals surface area contributed by atoms with Gasteiger partial charge in [0.2, 0.25) is 12.7 Å². The SMILES string of the molecule is COc1cc2c(cc1OC(=O)N(C)c1ccccc1NC(=O)CCCO)c(=O)n(CCN)c1c3cc4c(cc3ncc21)OCO4. The van der Waals surface area contributed by atoms with E-state index < -0.39 is 6.09 Å². The lowest BCUT2D eigenvalue weighted by molar-refractivity contribution is -0.116. The molecule has 0 radical (unpaired) electrons. The van der Waals surface area contributed by atoms with E-state index in [1.54, 1.807) is 53.2 Å². The van der Waals surface area contributed by atoms with Gasteiger partial charge < -0.3 is 39.7 Å². The van der Waals surface area contributed by atoms with Gasteiger partial charge in [-0.25, -0.2) is 4.79 Å². The van der Waals surface area contributed by atoms with Gasteiger partial charge in [-0.2, -0.15) is 0 Å². The summed E-state index contributed by atoms with van der Waals surface area (Å²) in [5.74, 6) is 1.08. The molecule has 0 spiro atoms. The molecule has 0 saturated carbocycles. The number of aliphatic hydroxyl groups is 1. The Bertz CT molecular complexity index is 2030. The normalized spacial score (nSPS) is 12.1. The third kappa shape index (κ3) is 5.43. The van der Waals surface area contributed by atoms with Crippen molar-refractivity contribution >= 4 is 56.0 Å². The summed E-state index contributed by atoms with van der Waals surface area (Å²) in [7, 11) is 2.93. The maximum atomic E-state index is 14.0. The fourth-order valence-electron chi connectivity index (χ4n) is 5.43. The summed E-state index contributed by atoms with van der Waals surface area (Å²) < 4.78 is 24.1. The average molecular weight is 614 g/mol. The number of carbonyl (C=O) groups excluding carboxylic acids is 2. The third-order valence-corrected chi connectivity index (χ3v) is 7.60. The summed E-state index contributed by atoms with van der Waals surface area (Å²) in [6.07, 6.45) is 1.34. The molecule has 0 atom stereocenters. The van der Waals surface area contributed by atoms with Crippen molar-refractivity contribution in [3.8, 4) is 23.0 Å². The number of fused-ring (bicyclic) bond motifs is 6. The lowest BCUT2D eigenvalue weighted by Crippen LogP contribution is -2.30. The zero-order chi connectivity index (χ0) is 31.7. The Hall–Kier alpha value is -5.40. The van der Waals surface area contributed by atoms with Crippen molar-refractivity contribution in [2.24, 2.45) is 5.73 Å². The van der Waals surface area contributed by atoms with Crippen LogP contribution in [0.25, 0.3) is 32.6 Å². The summed E-state index contributed by atoms with van der Waals surface area (Å²) >= 11 is 0. The highest BCUT2D eigenvalue weighted by Gasteiger charge is 2.23. The van der Waals surface area contributed by atoms with Gasteiger partial charge >= 0.3 is 6.09 Å². The first-order chi connectivity index (χ1) is 21.8. The molecule has 0 aliphatic carbocycles. The monoisotopic (exact) mass is 613 g/mol. The molecule has 5 aromatic rings. The Kier molecular flexibility index (Phi) is 8.11. The quantitative estimate of drug-likeness (QED) is 0.208. The van der Waals surface area contributed by atoms with Crippen molar-refractivity contribution in [3.05, 3.63) is 65.1 Å². The second-order valence-corrected chi connectivity index (χ2v) is 10.4. The van der Waals surface area contributed by atoms with Gasteiger partial charge in [-0.1, -0.05) is 12.1 Å². The molecule has 0 saturated heterocycles. The van der Waals surface area contributed by atoms with Gasteiger partial charge in [-0.15, -0.1) is 0 Å². The second-order valence-electron chi connectivity index (χ2n) is 10.4. The number of nitrogens with one attached hydrogen (secondary N) is 1. The van der Waals surface area contributed by atoms with Crippen molar-refractivity contribution in [2.75, 3.05) is 44.3 Å². The molecule has 4 N–H and O–H groups in total. The zero-order valence-electron chi connectivity index (χ0n) is 24.7. The number of benzene rings is 3. The van der Waals surface area contributed by atoms with Crippen LogP contribution in [0.1, 0.15) is 12.8 Å². The molecule has 6 rings (SSSR count). The largest absolute Gasteiger partial charge is 0.493 e. The maximum absolute atomic E-state index is 14.0. The molecule has 45 heavy (non-hydrogen) atoms. The number of pyridine rings is 2. The predicted octanol–water partition coefficient (Wildman–Crippen LogP) is 3.75. The predicted molar refractivity (Wildman–Crippen MR) is 169 cm³/mol.